The van der Waals surface area contributed by atoms with Crippen molar-refractivity contribution in [2.45, 2.75) is 12.8 Å². The van der Waals surface area contributed by atoms with Gasteiger partial charge in [0.1, 0.15) is 5.75 Å². The summed E-state index contributed by atoms with van der Waals surface area (Å²) in [4.78, 5) is 0. The van der Waals surface area contributed by atoms with E-state index in [0.717, 1.165) is 29.7 Å². The fourth-order valence-corrected chi connectivity index (χ4v) is 2.87. The number of aryl methyl sites for hydroxylation is 1. The second kappa shape index (κ2) is 6.48. The number of hydrogen-bond acceptors (Lipinski definition) is 1. The lowest BCUT2D eigenvalue weighted by Gasteiger charge is -2.12. The lowest BCUT2D eigenvalue weighted by Crippen LogP contribution is -1.93. The van der Waals surface area contributed by atoms with E-state index >= 15 is 0 Å². The van der Waals surface area contributed by atoms with Crippen molar-refractivity contribution in [3.05, 3.63) is 84.4 Å². The molecule has 0 radical (unpaired) electrons. The highest BCUT2D eigenvalue weighted by molar-refractivity contribution is 5.85. The summed E-state index contributed by atoms with van der Waals surface area (Å²) in [5, 5.41) is 2.63. The van der Waals surface area contributed by atoms with Crippen LogP contribution in [0, 0.1) is 0 Å². The van der Waals surface area contributed by atoms with Crippen LogP contribution >= 0.6 is 0 Å². The molecule has 0 saturated carbocycles. The summed E-state index contributed by atoms with van der Waals surface area (Å²) in [7, 11) is 1.71. The average molecular weight is 288 g/mol. The Kier molecular flexibility index (Phi) is 4.24. The standard InChI is InChI=1S/C21H20O/c1-16(19-11-5-6-13-21(19)22-2)14-15-18-10-7-9-17-8-3-4-12-20(17)18/h3-13H,1,14-15H2,2H3. The van der Waals surface area contributed by atoms with Crippen LogP contribution in [0.3, 0.4) is 0 Å². The molecule has 0 saturated heterocycles. The van der Waals surface area contributed by atoms with Gasteiger partial charge in [0.25, 0.3) is 0 Å². The molecule has 3 rings (SSSR count). The van der Waals surface area contributed by atoms with Gasteiger partial charge in [-0.25, -0.2) is 0 Å². The highest BCUT2D eigenvalue weighted by atomic mass is 16.5. The molecule has 0 fully saturated rings. The fraction of sp³-hybridized carbons (Fsp3) is 0.143. The molecule has 0 amide bonds. The van der Waals surface area contributed by atoms with E-state index in [-0.39, 0.29) is 0 Å². The van der Waals surface area contributed by atoms with Gasteiger partial charge in [-0.2, -0.15) is 0 Å². The van der Waals surface area contributed by atoms with E-state index in [1.54, 1.807) is 7.11 Å². The normalized spacial score (nSPS) is 10.6. The van der Waals surface area contributed by atoms with Gasteiger partial charge in [0, 0.05) is 5.56 Å². The molecule has 0 aliphatic carbocycles. The highest BCUT2D eigenvalue weighted by Gasteiger charge is 2.07. The monoisotopic (exact) mass is 288 g/mol. The van der Waals surface area contributed by atoms with Crippen molar-refractivity contribution >= 4 is 16.3 Å². The SMILES string of the molecule is C=C(CCc1cccc2ccccc12)c1ccccc1OC. The molecule has 3 aromatic rings. The second-order valence-corrected chi connectivity index (χ2v) is 5.44. The Morgan fingerprint density at radius 1 is 0.909 bits per heavy atom. The van der Waals surface area contributed by atoms with Crippen molar-refractivity contribution in [2.24, 2.45) is 0 Å². The lowest BCUT2D eigenvalue weighted by atomic mass is 9.96. The van der Waals surface area contributed by atoms with E-state index in [2.05, 4.69) is 55.1 Å². The molecule has 0 aromatic heterocycles. The highest BCUT2D eigenvalue weighted by Crippen LogP contribution is 2.29. The zero-order chi connectivity index (χ0) is 15.4. The molecule has 0 unspecified atom stereocenters. The van der Waals surface area contributed by atoms with Crippen molar-refractivity contribution in [2.75, 3.05) is 7.11 Å². The summed E-state index contributed by atoms with van der Waals surface area (Å²) in [5.74, 6) is 0.894. The van der Waals surface area contributed by atoms with E-state index in [0.29, 0.717) is 0 Å². The zero-order valence-electron chi connectivity index (χ0n) is 12.9. The van der Waals surface area contributed by atoms with E-state index in [1.165, 1.54) is 16.3 Å². The number of benzene rings is 3. The van der Waals surface area contributed by atoms with Gasteiger partial charge >= 0.3 is 0 Å². The van der Waals surface area contributed by atoms with Crippen molar-refractivity contribution in [3.63, 3.8) is 0 Å². The van der Waals surface area contributed by atoms with Crippen LogP contribution in [0.5, 0.6) is 5.75 Å². The molecule has 0 bridgehead atoms. The molecule has 3 aromatic carbocycles. The number of para-hydroxylation sites is 1. The molecule has 22 heavy (non-hydrogen) atoms. The third-order valence-electron chi connectivity index (χ3n) is 4.06. The molecule has 1 nitrogen and oxygen atoms in total. The van der Waals surface area contributed by atoms with E-state index in [4.69, 9.17) is 4.74 Å². The maximum Gasteiger partial charge on any atom is 0.126 e. The lowest BCUT2D eigenvalue weighted by molar-refractivity contribution is 0.413. The smallest absolute Gasteiger partial charge is 0.126 e. The van der Waals surface area contributed by atoms with Gasteiger partial charge in [0.2, 0.25) is 0 Å². The van der Waals surface area contributed by atoms with E-state index < -0.39 is 0 Å². The largest absolute Gasteiger partial charge is 0.496 e. The molecule has 1 heteroatoms. The van der Waals surface area contributed by atoms with Crippen LogP contribution < -0.4 is 4.74 Å². The molecule has 0 aliphatic heterocycles. The molecule has 0 N–H and O–H groups in total. The minimum Gasteiger partial charge on any atom is -0.496 e. The quantitative estimate of drug-likeness (QED) is 0.603. The first-order valence-corrected chi connectivity index (χ1v) is 7.57. The Balaban J connectivity index is 1.81. The number of methoxy groups -OCH3 is 1. The van der Waals surface area contributed by atoms with Crippen LogP contribution in [0.1, 0.15) is 17.5 Å². The molecular weight excluding hydrogens is 268 g/mol. The van der Waals surface area contributed by atoms with E-state index in [9.17, 15) is 0 Å². The van der Waals surface area contributed by atoms with Crippen LogP contribution in [-0.4, -0.2) is 7.11 Å². The van der Waals surface area contributed by atoms with Crippen molar-refractivity contribution in [1.82, 2.24) is 0 Å². The van der Waals surface area contributed by atoms with Gasteiger partial charge in [0.15, 0.2) is 0 Å². The summed E-state index contributed by atoms with van der Waals surface area (Å²) in [5.41, 5.74) is 3.59. The van der Waals surface area contributed by atoms with Crippen molar-refractivity contribution < 1.29 is 4.74 Å². The minimum atomic E-state index is 0.894. The molecule has 0 aliphatic rings. The van der Waals surface area contributed by atoms with Crippen LogP contribution in [0.2, 0.25) is 0 Å². The Bertz CT molecular complexity index is 796. The molecular formula is C21H20O. The molecule has 0 heterocycles. The summed E-state index contributed by atoms with van der Waals surface area (Å²) >= 11 is 0. The van der Waals surface area contributed by atoms with Crippen LogP contribution in [0.4, 0.5) is 0 Å². The first-order valence-electron chi connectivity index (χ1n) is 7.57. The van der Waals surface area contributed by atoms with Crippen molar-refractivity contribution in [3.8, 4) is 5.75 Å². The Morgan fingerprint density at radius 3 is 2.50 bits per heavy atom. The van der Waals surface area contributed by atoms with Gasteiger partial charge in [-0.15, -0.1) is 0 Å². The van der Waals surface area contributed by atoms with Crippen molar-refractivity contribution in [1.29, 1.82) is 0 Å². The summed E-state index contributed by atoms with van der Waals surface area (Å²) in [6.07, 6.45) is 1.91. The zero-order valence-corrected chi connectivity index (χ0v) is 12.9. The number of allylic oxidation sites excluding steroid dienone is 1. The number of hydrogen-bond donors (Lipinski definition) is 0. The maximum atomic E-state index is 5.43. The average Bonchev–Trinajstić information content (AvgIpc) is 2.59. The van der Waals surface area contributed by atoms with Gasteiger partial charge in [-0.1, -0.05) is 67.2 Å². The third kappa shape index (κ3) is 2.89. The van der Waals surface area contributed by atoms with Crippen LogP contribution in [-0.2, 0) is 6.42 Å². The van der Waals surface area contributed by atoms with Gasteiger partial charge < -0.3 is 4.74 Å². The Labute approximate surface area is 131 Å². The first kappa shape index (κ1) is 14.4. The topological polar surface area (TPSA) is 9.23 Å². The third-order valence-corrected chi connectivity index (χ3v) is 4.06. The Morgan fingerprint density at radius 2 is 1.64 bits per heavy atom. The molecule has 0 atom stereocenters. The number of fused-ring (bicyclic) bond motifs is 1. The summed E-state index contributed by atoms with van der Waals surface area (Å²) in [6.45, 7) is 4.25. The number of ether oxygens (including phenoxy) is 1. The Hall–Kier alpha value is -2.54. The van der Waals surface area contributed by atoms with Gasteiger partial charge in [-0.3, -0.25) is 0 Å². The molecule has 0 spiro atoms. The fourth-order valence-electron chi connectivity index (χ4n) is 2.87. The maximum absolute atomic E-state index is 5.43. The predicted molar refractivity (Wildman–Crippen MR) is 94.3 cm³/mol. The predicted octanol–water partition coefficient (Wildman–Crippen LogP) is 5.49. The molecule has 110 valence electrons. The van der Waals surface area contributed by atoms with Crippen LogP contribution in [0.25, 0.3) is 16.3 Å². The first-order chi connectivity index (χ1) is 10.8. The minimum absolute atomic E-state index is 0.894. The van der Waals surface area contributed by atoms with E-state index in [1.807, 2.05) is 18.2 Å². The van der Waals surface area contributed by atoms with Gasteiger partial charge in [0.05, 0.1) is 7.11 Å². The summed E-state index contributed by atoms with van der Waals surface area (Å²) < 4.78 is 5.43. The second-order valence-electron chi connectivity index (χ2n) is 5.44. The van der Waals surface area contributed by atoms with Gasteiger partial charge in [-0.05, 0) is 40.8 Å². The number of rotatable bonds is 5. The summed E-state index contributed by atoms with van der Waals surface area (Å²) in [6, 6.07) is 23.1. The van der Waals surface area contributed by atoms with Crippen LogP contribution in [0.15, 0.2) is 73.3 Å².